The van der Waals surface area contributed by atoms with Crippen LogP contribution in [-0.4, -0.2) is 11.1 Å². The van der Waals surface area contributed by atoms with Crippen molar-refractivity contribution in [2.24, 2.45) is 0 Å². The lowest BCUT2D eigenvalue weighted by Crippen LogP contribution is -2.12. The van der Waals surface area contributed by atoms with Gasteiger partial charge in [0.2, 0.25) is 0 Å². The molecule has 1 N–H and O–H groups in total. The molecule has 14 heavy (non-hydrogen) atoms. The lowest BCUT2D eigenvalue weighted by atomic mass is 9.86. The van der Waals surface area contributed by atoms with Gasteiger partial charge in [0.25, 0.3) is 0 Å². The molecular formula is C11H13ClO2. The van der Waals surface area contributed by atoms with Crippen molar-refractivity contribution in [1.82, 2.24) is 0 Å². The van der Waals surface area contributed by atoms with Gasteiger partial charge >= 0.3 is 5.97 Å². The Morgan fingerprint density at radius 2 is 1.93 bits per heavy atom. The van der Waals surface area contributed by atoms with Crippen LogP contribution in [0.25, 0.3) is 0 Å². The van der Waals surface area contributed by atoms with Crippen molar-refractivity contribution in [1.29, 1.82) is 0 Å². The highest BCUT2D eigenvalue weighted by molar-refractivity contribution is 6.31. The van der Waals surface area contributed by atoms with E-state index in [0.717, 1.165) is 5.56 Å². The molecule has 76 valence electrons. The van der Waals surface area contributed by atoms with Gasteiger partial charge in [-0.25, -0.2) is 4.79 Å². The molecule has 3 heteroatoms. The molecule has 0 saturated carbocycles. The van der Waals surface area contributed by atoms with E-state index in [2.05, 4.69) is 0 Å². The van der Waals surface area contributed by atoms with Crippen molar-refractivity contribution in [2.45, 2.75) is 26.2 Å². The molecule has 0 amide bonds. The molecule has 0 unspecified atom stereocenters. The van der Waals surface area contributed by atoms with Crippen molar-refractivity contribution < 1.29 is 9.90 Å². The Morgan fingerprint density at radius 3 is 2.29 bits per heavy atom. The Morgan fingerprint density at radius 1 is 1.36 bits per heavy atom. The Bertz CT molecular complexity index is 364. The highest BCUT2D eigenvalue weighted by Crippen LogP contribution is 2.29. The lowest BCUT2D eigenvalue weighted by Gasteiger charge is -2.20. The van der Waals surface area contributed by atoms with Crippen LogP contribution in [0, 0.1) is 0 Å². The molecule has 0 aliphatic heterocycles. The van der Waals surface area contributed by atoms with Gasteiger partial charge in [0.1, 0.15) is 0 Å². The molecule has 1 aromatic carbocycles. The molecule has 0 aliphatic rings. The van der Waals surface area contributed by atoms with Crippen LogP contribution in [-0.2, 0) is 5.41 Å². The summed E-state index contributed by atoms with van der Waals surface area (Å²) in [7, 11) is 0. The first kappa shape index (κ1) is 11.1. The average molecular weight is 213 g/mol. The quantitative estimate of drug-likeness (QED) is 0.775. The maximum Gasteiger partial charge on any atom is 0.335 e. The van der Waals surface area contributed by atoms with E-state index in [9.17, 15) is 4.79 Å². The van der Waals surface area contributed by atoms with Gasteiger partial charge in [0.05, 0.1) is 5.56 Å². The predicted octanol–water partition coefficient (Wildman–Crippen LogP) is 3.34. The Balaban J connectivity index is 3.21. The van der Waals surface area contributed by atoms with Crippen molar-refractivity contribution in [3.8, 4) is 0 Å². The molecule has 0 saturated heterocycles. The molecule has 0 aliphatic carbocycles. The lowest BCUT2D eigenvalue weighted by molar-refractivity contribution is 0.0697. The predicted molar refractivity (Wildman–Crippen MR) is 57.1 cm³/mol. The zero-order valence-electron chi connectivity index (χ0n) is 8.47. The number of hydrogen-bond acceptors (Lipinski definition) is 1. The Labute approximate surface area is 88.5 Å². The monoisotopic (exact) mass is 212 g/mol. The number of hydrogen-bond donors (Lipinski definition) is 1. The van der Waals surface area contributed by atoms with Crippen LogP contribution >= 0.6 is 11.6 Å². The molecule has 0 bridgehead atoms. The number of aromatic carboxylic acids is 1. The second-order valence-electron chi connectivity index (χ2n) is 4.25. The van der Waals surface area contributed by atoms with Crippen molar-refractivity contribution in [2.75, 3.05) is 0 Å². The third-order valence-electron chi connectivity index (χ3n) is 2.02. The molecule has 2 nitrogen and oxygen atoms in total. The maximum absolute atomic E-state index is 10.7. The molecule has 0 radical (unpaired) electrons. The summed E-state index contributed by atoms with van der Waals surface area (Å²) in [5.74, 6) is -0.952. The number of carboxylic acids is 1. The Kier molecular flexibility index (Phi) is 2.86. The summed E-state index contributed by atoms with van der Waals surface area (Å²) in [4.78, 5) is 10.7. The van der Waals surface area contributed by atoms with E-state index in [1.165, 1.54) is 6.07 Å². The van der Waals surface area contributed by atoms with Crippen LogP contribution < -0.4 is 0 Å². The first-order valence-electron chi connectivity index (χ1n) is 4.35. The second-order valence-corrected chi connectivity index (χ2v) is 4.66. The van der Waals surface area contributed by atoms with Gasteiger partial charge in [-0.15, -0.1) is 0 Å². The van der Waals surface area contributed by atoms with E-state index < -0.39 is 5.97 Å². The molecule has 0 fully saturated rings. The first-order chi connectivity index (χ1) is 6.32. The van der Waals surface area contributed by atoms with Gasteiger partial charge in [-0.3, -0.25) is 0 Å². The minimum Gasteiger partial charge on any atom is -0.478 e. The largest absolute Gasteiger partial charge is 0.478 e. The summed E-state index contributed by atoms with van der Waals surface area (Å²) >= 11 is 5.99. The fourth-order valence-electron chi connectivity index (χ4n) is 1.26. The molecule has 0 aromatic heterocycles. The van der Waals surface area contributed by atoms with Crippen LogP contribution in [0.2, 0.25) is 5.02 Å². The molecular weight excluding hydrogens is 200 g/mol. The standard InChI is InChI=1S/C11H13ClO2/c1-11(2,3)8-5-4-7(10(13)14)6-9(8)12/h4-6H,1-3H3,(H,13,14). The van der Waals surface area contributed by atoms with Crippen LogP contribution in [0.5, 0.6) is 0 Å². The van der Waals surface area contributed by atoms with E-state index in [4.69, 9.17) is 16.7 Å². The SMILES string of the molecule is CC(C)(C)c1ccc(C(=O)O)cc1Cl. The van der Waals surface area contributed by atoms with Gasteiger partial charge in [-0.05, 0) is 23.1 Å². The fourth-order valence-corrected chi connectivity index (χ4v) is 1.72. The second kappa shape index (κ2) is 3.62. The summed E-state index contributed by atoms with van der Waals surface area (Å²) < 4.78 is 0. The molecule has 1 aromatic rings. The van der Waals surface area contributed by atoms with Crippen LogP contribution in [0.4, 0.5) is 0 Å². The van der Waals surface area contributed by atoms with E-state index in [0.29, 0.717) is 5.02 Å². The third-order valence-corrected chi connectivity index (χ3v) is 2.34. The Hall–Kier alpha value is -1.02. The highest BCUT2D eigenvalue weighted by Gasteiger charge is 2.18. The zero-order chi connectivity index (χ0) is 10.9. The van der Waals surface area contributed by atoms with Crippen molar-refractivity contribution in [3.63, 3.8) is 0 Å². The van der Waals surface area contributed by atoms with Gasteiger partial charge in [-0.1, -0.05) is 38.4 Å². The maximum atomic E-state index is 10.7. The van der Waals surface area contributed by atoms with Crippen LogP contribution in [0.1, 0.15) is 36.7 Å². The van der Waals surface area contributed by atoms with Gasteiger partial charge in [-0.2, -0.15) is 0 Å². The van der Waals surface area contributed by atoms with Gasteiger partial charge < -0.3 is 5.11 Å². The first-order valence-corrected chi connectivity index (χ1v) is 4.73. The highest BCUT2D eigenvalue weighted by atomic mass is 35.5. The molecule has 0 heterocycles. The molecule has 1 rings (SSSR count). The van der Waals surface area contributed by atoms with E-state index in [-0.39, 0.29) is 11.0 Å². The number of rotatable bonds is 1. The summed E-state index contributed by atoms with van der Waals surface area (Å²) in [6.45, 7) is 6.11. The van der Waals surface area contributed by atoms with Crippen LogP contribution in [0.15, 0.2) is 18.2 Å². The number of benzene rings is 1. The normalized spacial score (nSPS) is 11.4. The number of carbonyl (C=O) groups is 1. The zero-order valence-corrected chi connectivity index (χ0v) is 9.22. The topological polar surface area (TPSA) is 37.3 Å². The van der Waals surface area contributed by atoms with Gasteiger partial charge in [0, 0.05) is 5.02 Å². The average Bonchev–Trinajstić information content (AvgIpc) is 2.01. The minimum atomic E-state index is -0.952. The summed E-state index contributed by atoms with van der Waals surface area (Å²) in [6, 6.07) is 4.84. The van der Waals surface area contributed by atoms with Crippen LogP contribution in [0.3, 0.4) is 0 Å². The fraction of sp³-hybridized carbons (Fsp3) is 0.364. The van der Waals surface area contributed by atoms with E-state index in [1.54, 1.807) is 12.1 Å². The number of halogens is 1. The summed E-state index contributed by atoms with van der Waals surface area (Å²) in [5.41, 5.74) is 1.13. The third kappa shape index (κ3) is 2.26. The minimum absolute atomic E-state index is 0.0614. The molecule has 0 atom stereocenters. The van der Waals surface area contributed by atoms with E-state index >= 15 is 0 Å². The van der Waals surface area contributed by atoms with Crippen molar-refractivity contribution in [3.05, 3.63) is 34.3 Å². The van der Waals surface area contributed by atoms with Crippen molar-refractivity contribution >= 4 is 17.6 Å². The van der Waals surface area contributed by atoms with E-state index in [1.807, 2.05) is 20.8 Å². The summed E-state index contributed by atoms with van der Waals surface area (Å²) in [5, 5.41) is 9.26. The smallest absolute Gasteiger partial charge is 0.335 e. The summed E-state index contributed by atoms with van der Waals surface area (Å²) in [6.07, 6.45) is 0. The molecule has 0 spiro atoms. The van der Waals surface area contributed by atoms with Gasteiger partial charge in [0.15, 0.2) is 0 Å². The number of carboxylic acid groups (broad SMARTS) is 1.